The van der Waals surface area contributed by atoms with Crippen LogP contribution >= 0.6 is 0 Å². The number of halogens is 1. The molecule has 1 N–H and O–H groups in total. The van der Waals surface area contributed by atoms with Crippen LogP contribution in [-0.4, -0.2) is 28.5 Å². The number of nitrogens with zero attached hydrogens (tertiary/aromatic N) is 2. The summed E-state index contributed by atoms with van der Waals surface area (Å²) in [6, 6.07) is 4.89. The molecule has 2 heterocycles. The summed E-state index contributed by atoms with van der Waals surface area (Å²) in [4.78, 5) is 22.6. The molecule has 5 nitrogen and oxygen atoms in total. The van der Waals surface area contributed by atoms with Crippen molar-refractivity contribution in [1.82, 2.24) is 14.9 Å². The fourth-order valence-corrected chi connectivity index (χ4v) is 4.32. The van der Waals surface area contributed by atoms with Crippen LogP contribution in [0, 0.1) is 5.82 Å². The van der Waals surface area contributed by atoms with Crippen LogP contribution in [-0.2, 0) is 19.5 Å². The van der Waals surface area contributed by atoms with Gasteiger partial charge in [0.1, 0.15) is 17.4 Å². The van der Waals surface area contributed by atoms with E-state index in [1.54, 1.807) is 19.2 Å². The molecule has 27 heavy (non-hydrogen) atoms. The van der Waals surface area contributed by atoms with E-state index in [-0.39, 0.29) is 11.4 Å². The van der Waals surface area contributed by atoms with Crippen molar-refractivity contribution in [2.75, 3.05) is 13.7 Å². The number of fused-ring (bicyclic) bond motifs is 1. The van der Waals surface area contributed by atoms with Gasteiger partial charge in [0.05, 0.1) is 12.8 Å². The predicted octanol–water partition coefficient (Wildman–Crippen LogP) is 3.52. The summed E-state index contributed by atoms with van der Waals surface area (Å²) in [6.07, 6.45) is 6.49. The molecule has 0 atom stereocenters. The molecule has 0 spiro atoms. The Hall–Kier alpha value is -2.21. The van der Waals surface area contributed by atoms with Gasteiger partial charge in [-0.25, -0.2) is 9.37 Å². The molecule has 0 bridgehead atoms. The quantitative estimate of drug-likeness (QED) is 0.893. The third kappa shape index (κ3) is 3.76. The number of aromatic nitrogens is 2. The summed E-state index contributed by atoms with van der Waals surface area (Å²) < 4.78 is 19.6. The molecule has 0 unspecified atom stereocenters. The number of ether oxygens (including phenoxy) is 1. The normalized spacial score (nSPS) is 18.3. The van der Waals surface area contributed by atoms with Gasteiger partial charge in [0.25, 0.3) is 5.56 Å². The van der Waals surface area contributed by atoms with Crippen molar-refractivity contribution < 1.29 is 9.13 Å². The number of hydrogen-bond donors (Lipinski definition) is 1. The summed E-state index contributed by atoms with van der Waals surface area (Å²) in [7, 11) is 1.56. The Morgan fingerprint density at radius 1 is 1.30 bits per heavy atom. The van der Waals surface area contributed by atoms with Gasteiger partial charge in [-0.05, 0) is 31.4 Å². The van der Waals surface area contributed by atoms with Crippen LogP contribution in [0.5, 0.6) is 5.75 Å². The lowest BCUT2D eigenvalue weighted by Crippen LogP contribution is -2.36. The molecule has 1 fully saturated rings. The largest absolute Gasteiger partial charge is 0.496 e. The SMILES string of the molecule is COc1cccc(F)c1CN1CCc2c(nc(C3CCCCC3)[nH]c2=O)C1. The molecule has 1 aromatic heterocycles. The number of benzene rings is 1. The highest BCUT2D eigenvalue weighted by molar-refractivity contribution is 5.35. The highest BCUT2D eigenvalue weighted by Crippen LogP contribution is 2.31. The first kappa shape index (κ1) is 18.2. The Bertz CT molecular complexity index is 874. The molecule has 1 aliphatic carbocycles. The van der Waals surface area contributed by atoms with Crippen LogP contribution < -0.4 is 10.3 Å². The van der Waals surface area contributed by atoms with Gasteiger partial charge in [0.15, 0.2) is 0 Å². The minimum atomic E-state index is -0.262. The molecular formula is C21H26FN3O2. The molecule has 2 aromatic rings. The van der Waals surface area contributed by atoms with E-state index < -0.39 is 0 Å². The van der Waals surface area contributed by atoms with Crippen molar-refractivity contribution in [3.05, 3.63) is 57.0 Å². The standard InChI is InChI=1S/C21H26FN3O2/c1-27-19-9-5-8-17(22)16(19)12-25-11-10-15-18(13-25)23-20(24-21(15)26)14-6-3-2-4-7-14/h5,8-9,14H,2-4,6-7,10-13H2,1H3,(H,23,24,26). The predicted molar refractivity (Wildman–Crippen MR) is 101 cm³/mol. The van der Waals surface area contributed by atoms with Gasteiger partial charge >= 0.3 is 0 Å². The number of rotatable bonds is 4. The lowest BCUT2D eigenvalue weighted by molar-refractivity contribution is 0.232. The highest BCUT2D eigenvalue weighted by atomic mass is 19.1. The maximum absolute atomic E-state index is 14.3. The zero-order valence-electron chi connectivity index (χ0n) is 15.8. The second kappa shape index (κ2) is 7.80. The van der Waals surface area contributed by atoms with Gasteiger partial charge in [-0.15, -0.1) is 0 Å². The first-order valence-electron chi connectivity index (χ1n) is 9.81. The van der Waals surface area contributed by atoms with Crippen molar-refractivity contribution >= 4 is 0 Å². The summed E-state index contributed by atoms with van der Waals surface area (Å²) in [5.74, 6) is 1.49. The average Bonchev–Trinajstić information content (AvgIpc) is 2.70. The molecule has 4 rings (SSSR count). The number of aromatic amines is 1. The zero-order chi connectivity index (χ0) is 18.8. The first-order chi connectivity index (χ1) is 13.2. The maximum Gasteiger partial charge on any atom is 0.254 e. The van der Waals surface area contributed by atoms with E-state index in [0.29, 0.717) is 43.3 Å². The van der Waals surface area contributed by atoms with Gasteiger partial charge in [0.2, 0.25) is 0 Å². The van der Waals surface area contributed by atoms with Crippen LogP contribution in [0.25, 0.3) is 0 Å². The van der Waals surface area contributed by atoms with Gasteiger partial charge < -0.3 is 9.72 Å². The van der Waals surface area contributed by atoms with Crippen LogP contribution in [0.4, 0.5) is 4.39 Å². The molecule has 144 valence electrons. The fraction of sp³-hybridized carbons (Fsp3) is 0.524. The molecule has 1 aromatic carbocycles. The van der Waals surface area contributed by atoms with Crippen molar-refractivity contribution in [2.45, 2.75) is 57.5 Å². The van der Waals surface area contributed by atoms with Gasteiger partial charge in [-0.3, -0.25) is 9.69 Å². The minimum absolute atomic E-state index is 0.00342. The van der Waals surface area contributed by atoms with E-state index in [0.717, 1.165) is 29.9 Å². The number of hydrogen-bond acceptors (Lipinski definition) is 4. The Labute approximate surface area is 158 Å². The number of H-pyrrole nitrogens is 1. The molecular weight excluding hydrogens is 345 g/mol. The fourth-order valence-electron chi connectivity index (χ4n) is 4.32. The summed E-state index contributed by atoms with van der Waals surface area (Å²) in [6.45, 7) is 1.72. The van der Waals surface area contributed by atoms with Gasteiger partial charge in [-0.2, -0.15) is 0 Å². The third-order valence-electron chi connectivity index (χ3n) is 5.84. The number of nitrogens with one attached hydrogen (secondary N) is 1. The van der Waals surface area contributed by atoms with Crippen molar-refractivity contribution in [1.29, 1.82) is 0 Å². The van der Waals surface area contributed by atoms with E-state index in [1.807, 2.05) is 0 Å². The highest BCUT2D eigenvalue weighted by Gasteiger charge is 2.25. The molecule has 1 aliphatic heterocycles. The maximum atomic E-state index is 14.3. The van der Waals surface area contributed by atoms with E-state index >= 15 is 0 Å². The van der Waals surface area contributed by atoms with E-state index in [4.69, 9.17) is 9.72 Å². The second-order valence-electron chi connectivity index (χ2n) is 7.59. The lowest BCUT2D eigenvalue weighted by atomic mass is 9.88. The molecule has 1 saturated carbocycles. The smallest absolute Gasteiger partial charge is 0.254 e. The van der Waals surface area contributed by atoms with Crippen LogP contribution in [0.1, 0.15) is 60.7 Å². The molecule has 0 saturated heterocycles. The lowest BCUT2D eigenvalue weighted by Gasteiger charge is -2.29. The Balaban J connectivity index is 1.57. The summed E-state index contributed by atoms with van der Waals surface area (Å²) in [5, 5.41) is 0. The summed E-state index contributed by atoms with van der Waals surface area (Å²) >= 11 is 0. The van der Waals surface area contributed by atoms with E-state index in [1.165, 1.54) is 25.3 Å². The van der Waals surface area contributed by atoms with Crippen molar-refractivity contribution in [2.24, 2.45) is 0 Å². The zero-order valence-corrected chi connectivity index (χ0v) is 15.8. The van der Waals surface area contributed by atoms with Gasteiger partial charge in [-0.1, -0.05) is 25.3 Å². The van der Waals surface area contributed by atoms with Gasteiger partial charge in [0, 0.05) is 36.7 Å². The number of methoxy groups -OCH3 is 1. The Morgan fingerprint density at radius 2 is 2.11 bits per heavy atom. The summed E-state index contributed by atoms with van der Waals surface area (Å²) in [5.41, 5.74) is 2.19. The topological polar surface area (TPSA) is 58.2 Å². The Kier molecular flexibility index (Phi) is 5.25. The monoisotopic (exact) mass is 371 g/mol. The van der Waals surface area contributed by atoms with E-state index in [9.17, 15) is 9.18 Å². The average molecular weight is 371 g/mol. The molecule has 0 amide bonds. The second-order valence-corrected chi connectivity index (χ2v) is 7.59. The van der Waals surface area contributed by atoms with E-state index in [2.05, 4.69) is 9.88 Å². The van der Waals surface area contributed by atoms with Crippen LogP contribution in [0.2, 0.25) is 0 Å². The van der Waals surface area contributed by atoms with Crippen LogP contribution in [0.3, 0.4) is 0 Å². The van der Waals surface area contributed by atoms with Crippen molar-refractivity contribution in [3.63, 3.8) is 0 Å². The Morgan fingerprint density at radius 3 is 2.89 bits per heavy atom. The van der Waals surface area contributed by atoms with Crippen LogP contribution in [0.15, 0.2) is 23.0 Å². The molecule has 2 aliphatic rings. The van der Waals surface area contributed by atoms with Crippen molar-refractivity contribution in [3.8, 4) is 5.75 Å². The molecule has 6 heteroatoms. The first-order valence-corrected chi connectivity index (χ1v) is 9.81. The third-order valence-corrected chi connectivity index (χ3v) is 5.84. The molecule has 0 radical (unpaired) electrons. The minimum Gasteiger partial charge on any atom is -0.496 e.